The quantitative estimate of drug-likeness (QED) is 0.443. The number of hydrogen-bond acceptors (Lipinski definition) is 2. The van der Waals surface area contributed by atoms with Gasteiger partial charge in [0.15, 0.2) is 0 Å². The standard InChI is InChI=1S/2C8H11O.Hg/c2*1-2-8(9)6-4-3-5-7-8;/h2*9H,3-7H2;. The van der Waals surface area contributed by atoms with Gasteiger partial charge in [-0.05, 0) is 0 Å². The second-order valence-corrected chi connectivity index (χ2v) is 10.1. The molecule has 19 heavy (non-hydrogen) atoms. The third-order valence-electron chi connectivity index (χ3n) is 4.18. The Hall–Kier alpha value is -0.0249. The van der Waals surface area contributed by atoms with Crippen LogP contribution in [0.5, 0.6) is 0 Å². The van der Waals surface area contributed by atoms with E-state index in [1.807, 2.05) is 0 Å². The van der Waals surface area contributed by atoms with E-state index >= 15 is 0 Å². The van der Waals surface area contributed by atoms with E-state index < -0.39 is 35.8 Å². The Morgan fingerprint density at radius 1 is 0.632 bits per heavy atom. The third kappa shape index (κ3) is 5.11. The fraction of sp³-hybridized carbons (Fsp3) is 0.750. The maximum absolute atomic E-state index is 10.2. The number of hydrogen-bond donors (Lipinski definition) is 2. The van der Waals surface area contributed by atoms with Crippen LogP contribution < -0.4 is 0 Å². The molecule has 0 heterocycles. The third-order valence-corrected chi connectivity index (χ3v) is 6.93. The summed E-state index contributed by atoms with van der Waals surface area (Å²) in [5, 5.41) is 20.5. The van der Waals surface area contributed by atoms with Gasteiger partial charge >= 0.3 is 129 Å². The molecule has 0 aliphatic heterocycles. The summed E-state index contributed by atoms with van der Waals surface area (Å²) < 4.78 is 6.38. The molecule has 2 N–H and O–H groups in total. The van der Waals surface area contributed by atoms with Crippen LogP contribution in [-0.4, -0.2) is 21.4 Å². The molecule has 0 radical (unpaired) electrons. The monoisotopic (exact) mass is 448 g/mol. The molecule has 0 aromatic rings. The molecule has 0 spiro atoms. The summed E-state index contributed by atoms with van der Waals surface area (Å²) in [6, 6.07) is 0. The van der Waals surface area contributed by atoms with E-state index in [1.165, 1.54) is 12.8 Å². The molecule has 2 saturated carbocycles. The van der Waals surface area contributed by atoms with Crippen LogP contribution in [0.3, 0.4) is 0 Å². The van der Waals surface area contributed by atoms with Gasteiger partial charge in [-0.25, -0.2) is 0 Å². The first-order valence-corrected chi connectivity index (χ1v) is 13.1. The minimum atomic E-state index is -1.54. The van der Waals surface area contributed by atoms with E-state index in [1.54, 1.807) is 0 Å². The van der Waals surface area contributed by atoms with Gasteiger partial charge in [0, 0.05) is 0 Å². The van der Waals surface area contributed by atoms with Gasteiger partial charge in [-0.15, -0.1) is 0 Å². The van der Waals surface area contributed by atoms with Crippen molar-refractivity contribution < 1.29 is 34.8 Å². The van der Waals surface area contributed by atoms with Crippen molar-refractivity contribution in [3.8, 4) is 18.7 Å². The topological polar surface area (TPSA) is 40.5 Å². The maximum atomic E-state index is 10.2. The molecule has 0 saturated heterocycles. The molecule has 100 valence electrons. The van der Waals surface area contributed by atoms with Gasteiger partial charge in [0.25, 0.3) is 0 Å². The van der Waals surface area contributed by atoms with Crippen molar-refractivity contribution in [2.75, 3.05) is 0 Å². The fourth-order valence-corrected chi connectivity index (χ4v) is 6.57. The van der Waals surface area contributed by atoms with E-state index in [4.69, 9.17) is 0 Å². The molecular formula is C16H22HgO2. The molecular weight excluding hydrogens is 425 g/mol. The summed E-state index contributed by atoms with van der Waals surface area (Å²) in [6.07, 6.45) is 10.1. The Labute approximate surface area is 128 Å². The molecule has 2 fully saturated rings. The second-order valence-electron chi connectivity index (χ2n) is 5.96. The van der Waals surface area contributed by atoms with Crippen LogP contribution in [0.2, 0.25) is 0 Å². The van der Waals surface area contributed by atoms with Crippen LogP contribution in [0.15, 0.2) is 0 Å². The summed E-state index contributed by atoms with van der Waals surface area (Å²) >= 11 is -1.54. The van der Waals surface area contributed by atoms with Crippen molar-refractivity contribution in [2.45, 2.75) is 75.4 Å². The van der Waals surface area contributed by atoms with Crippen molar-refractivity contribution in [3.05, 3.63) is 0 Å². The molecule has 0 aromatic heterocycles. The van der Waals surface area contributed by atoms with Crippen LogP contribution in [0, 0.1) is 18.7 Å². The van der Waals surface area contributed by atoms with Crippen molar-refractivity contribution in [1.29, 1.82) is 0 Å². The first-order valence-electron chi connectivity index (χ1n) is 7.57. The average Bonchev–Trinajstić information content (AvgIpc) is 2.40. The first kappa shape index (κ1) is 15.4. The predicted molar refractivity (Wildman–Crippen MR) is 71.6 cm³/mol. The zero-order valence-electron chi connectivity index (χ0n) is 11.7. The van der Waals surface area contributed by atoms with Gasteiger partial charge in [0.05, 0.1) is 0 Å². The van der Waals surface area contributed by atoms with E-state index in [0.29, 0.717) is 0 Å². The van der Waals surface area contributed by atoms with Crippen LogP contribution in [-0.2, 0) is 24.6 Å². The van der Waals surface area contributed by atoms with Crippen LogP contribution in [0.1, 0.15) is 64.2 Å². The Morgan fingerprint density at radius 3 is 1.37 bits per heavy atom. The SMILES string of the molecule is OC1(C#[C][Hg][C]#CC2(O)CCCCC2)CCCCC1. The number of aliphatic hydroxyl groups is 2. The molecule has 0 atom stereocenters. The summed E-state index contributed by atoms with van der Waals surface area (Å²) in [7, 11) is 0. The second kappa shape index (κ2) is 7.12. The van der Waals surface area contributed by atoms with E-state index in [9.17, 15) is 10.2 Å². The molecule has 2 nitrogen and oxygen atoms in total. The zero-order chi connectivity index (χ0) is 13.6. The molecule has 0 aromatic carbocycles. The Morgan fingerprint density at radius 2 is 1.00 bits per heavy atom. The normalized spacial score (nSPS) is 24.1. The van der Waals surface area contributed by atoms with Gasteiger partial charge in [-0.1, -0.05) is 0 Å². The fourth-order valence-electron chi connectivity index (χ4n) is 2.98. The Kier molecular flexibility index (Phi) is 5.76. The van der Waals surface area contributed by atoms with Crippen LogP contribution >= 0.6 is 0 Å². The molecule has 2 aliphatic carbocycles. The summed E-state index contributed by atoms with van der Waals surface area (Å²) in [6.45, 7) is 0. The minimum absolute atomic E-state index is 0.721. The van der Waals surface area contributed by atoms with E-state index in [0.717, 1.165) is 51.4 Å². The van der Waals surface area contributed by atoms with E-state index in [2.05, 4.69) is 18.7 Å². The van der Waals surface area contributed by atoms with Gasteiger partial charge in [-0.3, -0.25) is 0 Å². The average molecular weight is 447 g/mol. The van der Waals surface area contributed by atoms with Crippen molar-refractivity contribution in [1.82, 2.24) is 0 Å². The molecule has 0 amide bonds. The molecule has 2 rings (SSSR count). The summed E-state index contributed by atoms with van der Waals surface area (Å²) in [5.41, 5.74) is -1.44. The van der Waals surface area contributed by atoms with Crippen molar-refractivity contribution in [2.24, 2.45) is 0 Å². The molecule has 3 heteroatoms. The number of rotatable bonds is 0. The predicted octanol–water partition coefficient (Wildman–Crippen LogP) is 2.38. The van der Waals surface area contributed by atoms with Gasteiger partial charge in [0.1, 0.15) is 0 Å². The Bertz CT molecular complexity index is 370. The summed E-state index contributed by atoms with van der Waals surface area (Å²) in [5.74, 6) is 6.14. The zero-order valence-corrected chi connectivity index (χ0v) is 17.2. The van der Waals surface area contributed by atoms with E-state index in [-0.39, 0.29) is 0 Å². The molecule has 2 aliphatic rings. The van der Waals surface area contributed by atoms with Crippen LogP contribution in [0.4, 0.5) is 0 Å². The van der Waals surface area contributed by atoms with Gasteiger partial charge < -0.3 is 0 Å². The van der Waals surface area contributed by atoms with Crippen LogP contribution in [0.25, 0.3) is 0 Å². The molecule has 0 bridgehead atoms. The summed E-state index contributed by atoms with van der Waals surface area (Å²) in [4.78, 5) is 0. The Balaban J connectivity index is 1.83. The van der Waals surface area contributed by atoms with Crippen molar-refractivity contribution in [3.63, 3.8) is 0 Å². The van der Waals surface area contributed by atoms with Crippen molar-refractivity contribution >= 4 is 0 Å². The first-order chi connectivity index (χ1) is 9.12. The van der Waals surface area contributed by atoms with Gasteiger partial charge in [0.2, 0.25) is 0 Å². The van der Waals surface area contributed by atoms with Gasteiger partial charge in [-0.2, -0.15) is 0 Å². The molecule has 0 unspecified atom stereocenters.